The Balaban J connectivity index is 0.000000540. The number of aliphatic hydroxyl groups excluding tert-OH is 1. The Hall–Kier alpha value is -3.29. The Morgan fingerprint density at radius 1 is 1.23 bits per heavy atom. The van der Waals surface area contributed by atoms with Crippen molar-refractivity contribution in [2.75, 3.05) is 26.8 Å². The van der Waals surface area contributed by atoms with Gasteiger partial charge in [0.05, 0.1) is 24.5 Å². The molecule has 0 spiro atoms. The summed E-state index contributed by atoms with van der Waals surface area (Å²) in [5.41, 5.74) is 2.08. The Kier molecular flexibility index (Phi) is 9.92. The number of phenols is 1. The molecule has 0 aliphatic heterocycles. The van der Waals surface area contributed by atoms with Crippen LogP contribution in [0.5, 0.6) is 17.2 Å². The Morgan fingerprint density at radius 2 is 1.91 bits per heavy atom. The summed E-state index contributed by atoms with van der Waals surface area (Å²) in [5.74, 6) is -1.33. The fourth-order valence-corrected chi connectivity index (χ4v) is 3.94. The lowest BCUT2D eigenvalue weighted by Crippen LogP contribution is -2.23. The van der Waals surface area contributed by atoms with E-state index in [4.69, 9.17) is 19.4 Å². The smallest absolute Gasteiger partial charge is 0.490 e. The normalized spacial score (nSPS) is 12.1. The molecule has 1 heterocycles. The number of fused-ring (bicyclic) bond motifs is 1. The number of H-pyrrole nitrogens is 1. The van der Waals surface area contributed by atoms with Gasteiger partial charge in [-0.1, -0.05) is 23.5 Å². The van der Waals surface area contributed by atoms with E-state index in [0.29, 0.717) is 41.2 Å². The predicted octanol–water partition coefficient (Wildman–Crippen LogP) is 3.20. The highest BCUT2D eigenvalue weighted by Gasteiger charge is 2.38. The largest absolute Gasteiger partial charge is 0.506 e. The summed E-state index contributed by atoms with van der Waals surface area (Å²) < 4.78 is 43.2. The van der Waals surface area contributed by atoms with E-state index in [1.165, 1.54) is 6.07 Å². The van der Waals surface area contributed by atoms with Crippen LogP contribution in [0.2, 0.25) is 0 Å². The fraction of sp³-hybridized carbons (Fsp3) is 0.364. The summed E-state index contributed by atoms with van der Waals surface area (Å²) in [5, 5.41) is 30.7. The summed E-state index contributed by atoms with van der Waals surface area (Å²) >= 11 is 0.982. The molecule has 0 saturated carbocycles. The van der Waals surface area contributed by atoms with Gasteiger partial charge in [0.2, 0.25) is 0 Å². The highest BCUT2D eigenvalue weighted by atomic mass is 32.1. The molecule has 0 unspecified atom stereocenters. The summed E-state index contributed by atoms with van der Waals surface area (Å²) in [7, 11) is 1.62. The fourth-order valence-electron chi connectivity index (χ4n) is 3.03. The number of aromatic hydroxyl groups is 1. The number of benzene rings is 2. The van der Waals surface area contributed by atoms with E-state index in [2.05, 4.69) is 10.3 Å². The van der Waals surface area contributed by atoms with E-state index >= 15 is 0 Å². The summed E-state index contributed by atoms with van der Waals surface area (Å²) in [6.45, 7) is 3.50. The first-order valence-corrected chi connectivity index (χ1v) is 11.1. The minimum Gasteiger partial charge on any atom is -0.506 e. The highest BCUT2D eigenvalue weighted by molar-refractivity contribution is 7.16. The van der Waals surface area contributed by atoms with Gasteiger partial charge in [0.15, 0.2) is 11.5 Å². The maximum absolute atomic E-state index is 11.6. The molecule has 3 rings (SSSR count). The van der Waals surface area contributed by atoms with Crippen LogP contribution in [0.25, 0.3) is 10.2 Å². The first-order valence-electron chi connectivity index (χ1n) is 10.3. The first-order chi connectivity index (χ1) is 16.5. The number of alkyl halides is 3. The summed E-state index contributed by atoms with van der Waals surface area (Å²) in [6, 6.07) is 8.96. The van der Waals surface area contributed by atoms with Crippen molar-refractivity contribution in [2.24, 2.45) is 0 Å². The molecule has 0 radical (unpaired) electrons. The van der Waals surface area contributed by atoms with E-state index in [1.807, 2.05) is 25.1 Å². The van der Waals surface area contributed by atoms with Gasteiger partial charge in [-0.05, 0) is 43.7 Å². The molecule has 192 valence electrons. The van der Waals surface area contributed by atoms with Crippen LogP contribution in [-0.2, 0) is 11.2 Å². The van der Waals surface area contributed by atoms with Gasteiger partial charge >= 0.3 is 17.0 Å². The van der Waals surface area contributed by atoms with Gasteiger partial charge in [-0.2, -0.15) is 13.2 Å². The van der Waals surface area contributed by atoms with E-state index in [1.54, 1.807) is 13.2 Å². The first kappa shape index (κ1) is 28.0. The molecule has 0 amide bonds. The zero-order valence-corrected chi connectivity index (χ0v) is 19.6. The number of methoxy groups -OCH3 is 1. The van der Waals surface area contributed by atoms with Crippen LogP contribution in [0.4, 0.5) is 13.2 Å². The second-order valence-electron chi connectivity index (χ2n) is 7.08. The number of halogens is 3. The van der Waals surface area contributed by atoms with Crippen LogP contribution in [0.15, 0.2) is 35.1 Å². The third-order valence-electron chi connectivity index (χ3n) is 4.65. The van der Waals surface area contributed by atoms with Crippen molar-refractivity contribution in [3.8, 4) is 17.2 Å². The number of aromatic amines is 1. The molecule has 13 heteroatoms. The number of ether oxygens (including phenoxy) is 2. The predicted molar refractivity (Wildman–Crippen MR) is 123 cm³/mol. The molecule has 0 aliphatic rings. The van der Waals surface area contributed by atoms with Crippen LogP contribution in [0.3, 0.4) is 0 Å². The van der Waals surface area contributed by atoms with Crippen molar-refractivity contribution in [3.63, 3.8) is 0 Å². The van der Waals surface area contributed by atoms with Gasteiger partial charge in [-0.25, -0.2) is 4.79 Å². The third kappa shape index (κ3) is 7.87. The van der Waals surface area contributed by atoms with Crippen LogP contribution >= 0.6 is 11.3 Å². The van der Waals surface area contributed by atoms with Gasteiger partial charge in [-0.3, -0.25) is 4.79 Å². The van der Waals surface area contributed by atoms with E-state index < -0.39 is 18.2 Å². The van der Waals surface area contributed by atoms with Crippen molar-refractivity contribution in [2.45, 2.75) is 25.6 Å². The molecular weight excluding hydrogens is 493 g/mol. The second-order valence-corrected chi connectivity index (χ2v) is 8.07. The van der Waals surface area contributed by atoms with Gasteiger partial charge < -0.3 is 35.1 Å². The van der Waals surface area contributed by atoms with Gasteiger partial charge in [0.1, 0.15) is 11.3 Å². The number of rotatable bonds is 9. The van der Waals surface area contributed by atoms with Crippen LogP contribution in [0, 0.1) is 0 Å². The van der Waals surface area contributed by atoms with Crippen molar-refractivity contribution in [1.82, 2.24) is 10.3 Å². The second kappa shape index (κ2) is 12.4. The molecule has 2 aromatic carbocycles. The van der Waals surface area contributed by atoms with Crippen LogP contribution < -0.4 is 19.7 Å². The van der Waals surface area contributed by atoms with Crippen molar-refractivity contribution in [3.05, 3.63) is 51.1 Å². The Labute approximate surface area is 201 Å². The van der Waals surface area contributed by atoms with E-state index in [-0.39, 0.29) is 10.6 Å². The lowest BCUT2D eigenvalue weighted by Gasteiger charge is -2.14. The number of phenolic OH excluding ortho intramolecular Hbond substituents is 1. The number of hydrogen-bond donors (Lipinski definition) is 5. The van der Waals surface area contributed by atoms with Gasteiger partial charge in [0.25, 0.3) is 0 Å². The number of carbonyl (C=O) groups is 1. The molecule has 0 fully saturated rings. The number of aliphatic hydroxyl groups is 1. The minimum atomic E-state index is -5.08. The number of carboxylic acids is 1. The quantitative estimate of drug-likeness (QED) is 0.272. The van der Waals surface area contributed by atoms with Crippen molar-refractivity contribution in [1.29, 1.82) is 0 Å². The molecule has 3 aromatic rings. The molecule has 1 atom stereocenters. The number of aromatic nitrogens is 1. The molecule has 0 bridgehead atoms. The molecule has 5 N–H and O–H groups in total. The van der Waals surface area contributed by atoms with Crippen molar-refractivity contribution >= 4 is 27.5 Å². The molecule has 9 nitrogen and oxygen atoms in total. The lowest BCUT2D eigenvalue weighted by atomic mass is 10.1. The maximum Gasteiger partial charge on any atom is 0.490 e. The van der Waals surface area contributed by atoms with Crippen LogP contribution in [0.1, 0.15) is 24.2 Å². The monoisotopic (exact) mass is 518 g/mol. The summed E-state index contributed by atoms with van der Waals surface area (Å²) in [6.07, 6.45) is -5.11. The molecule has 0 saturated heterocycles. The number of hydrogen-bond acceptors (Lipinski definition) is 8. The topological polar surface area (TPSA) is 141 Å². The Bertz CT molecular complexity index is 1190. The zero-order valence-electron chi connectivity index (χ0n) is 18.8. The standard InChI is InChI=1S/C20H24N2O5S.C2HF3O2/c1-3-27-16-7-4-12(10-17(16)26-2)8-9-21-11-15(24)13-5-6-14(23)18-19(13)28-20(25)22-18;3-2(4,5)1(6)7/h4-7,10,15,21,23-24H,3,8-9,11H2,1-2H3,(H,22,25);(H,6,7)/t15-;/m0./s1. The SMILES string of the molecule is CCOc1ccc(CCNC[C@H](O)c2ccc(O)c3[nH]c(=O)sc23)cc1OC.O=C(O)C(F)(F)F. The third-order valence-corrected chi connectivity index (χ3v) is 5.58. The van der Waals surface area contributed by atoms with Crippen molar-refractivity contribution < 1.29 is 42.8 Å². The van der Waals surface area contributed by atoms with E-state index in [9.17, 15) is 28.2 Å². The number of thiazole rings is 1. The molecule has 1 aromatic heterocycles. The highest BCUT2D eigenvalue weighted by Crippen LogP contribution is 2.31. The molecular formula is C22H25F3N2O7S. The van der Waals surface area contributed by atoms with Crippen LogP contribution in [-0.4, -0.2) is 59.3 Å². The Morgan fingerprint density at radius 3 is 2.51 bits per heavy atom. The maximum atomic E-state index is 11.6. The average Bonchev–Trinajstić information content (AvgIpc) is 3.19. The average molecular weight is 519 g/mol. The zero-order chi connectivity index (χ0) is 26.2. The minimum absolute atomic E-state index is 0.00158. The lowest BCUT2D eigenvalue weighted by molar-refractivity contribution is -0.192. The van der Waals surface area contributed by atoms with E-state index in [0.717, 1.165) is 29.1 Å². The molecule has 0 aliphatic carbocycles. The van der Waals surface area contributed by atoms with Gasteiger partial charge in [-0.15, -0.1) is 0 Å². The summed E-state index contributed by atoms with van der Waals surface area (Å²) in [4.78, 5) is 22.8. The number of carboxylic acid groups (broad SMARTS) is 1. The number of nitrogens with one attached hydrogen (secondary N) is 2. The van der Waals surface area contributed by atoms with Gasteiger partial charge in [0, 0.05) is 12.1 Å². The molecule has 35 heavy (non-hydrogen) atoms. The number of aliphatic carboxylic acids is 1.